The molecule has 0 aromatic carbocycles. The maximum absolute atomic E-state index is 7.68. The highest BCUT2D eigenvalue weighted by Crippen LogP contribution is 2.60. The van der Waals surface area contributed by atoms with E-state index in [9.17, 15) is 0 Å². The van der Waals surface area contributed by atoms with Crippen LogP contribution in [0, 0.1) is 118 Å². The van der Waals surface area contributed by atoms with Crippen molar-refractivity contribution in [2.24, 2.45) is 118 Å². The second-order valence-electron chi connectivity index (χ2n) is 33.2. The average molecular weight is 1230 g/mol. The number of hydrogen-bond acceptors (Lipinski definition) is 12. The standard InChI is InChI=1S/C76H136N8O4/c1-9-13-17-29-41-85-65-53-37-25-21-33-49(53)45(5)57-61(65)73-78-69(57)77-70-58-46(6)50-34-22-26-38-54(50)66(86-42-30-18-14-10-2)62(58)74(79-70)81-72-60-48(8)52-36-24-28-40-56(52)68(88-44-32-20-16-12-4)64(60)76(83-72)84-75-63-59(71(80-73)82-75)47(7)51-35-23-27-39-55(51)67(63)87-43-31-19-15-11-3/h45-84H,9-44H2,1-8H3. The van der Waals surface area contributed by atoms with Crippen LogP contribution in [-0.4, -0.2) is 100 Å². The quantitative estimate of drug-likeness (QED) is 0.0438. The first-order valence-corrected chi connectivity index (χ1v) is 39.8. The number of fused-ring (bicyclic) bond motifs is 24. The van der Waals surface area contributed by atoms with Gasteiger partial charge in [0.15, 0.2) is 0 Å². The van der Waals surface area contributed by atoms with Gasteiger partial charge in [-0.1, -0.05) is 184 Å². The summed E-state index contributed by atoms with van der Waals surface area (Å²) in [7, 11) is 0. The van der Waals surface area contributed by atoms with Crippen LogP contribution in [0.3, 0.4) is 0 Å². The van der Waals surface area contributed by atoms with Gasteiger partial charge >= 0.3 is 0 Å². The van der Waals surface area contributed by atoms with Crippen molar-refractivity contribution in [1.82, 2.24) is 42.5 Å². The van der Waals surface area contributed by atoms with Gasteiger partial charge in [0, 0.05) is 50.1 Å². The molecule has 8 saturated carbocycles. The summed E-state index contributed by atoms with van der Waals surface area (Å²) in [6.45, 7) is 23.9. The molecule has 88 heavy (non-hydrogen) atoms. The third kappa shape index (κ3) is 13.2. The molecule has 0 aromatic heterocycles. The lowest BCUT2D eigenvalue weighted by Gasteiger charge is -2.54. The lowest BCUT2D eigenvalue weighted by atomic mass is 9.55. The Kier molecular flexibility index (Phi) is 23.1. The molecule has 13 fully saturated rings. The van der Waals surface area contributed by atoms with Gasteiger partial charge in [0.2, 0.25) is 0 Å². The normalized spacial score (nSPS) is 49.4. The van der Waals surface area contributed by atoms with Crippen LogP contribution in [-0.2, 0) is 18.9 Å². The molecular weight excluding hydrogens is 1090 g/mol. The van der Waals surface area contributed by atoms with Crippen LogP contribution in [0.15, 0.2) is 0 Å². The Bertz CT molecular complexity index is 1980. The fourth-order valence-corrected chi connectivity index (χ4v) is 25.0. The fraction of sp³-hybridized carbons (Fsp3) is 1.00. The van der Waals surface area contributed by atoms with Crippen LogP contribution in [0.2, 0.25) is 0 Å². The third-order valence-corrected chi connectivity index (χ3v) is 28.8. The van der Waals surface area contributed by atoms with Crippen molar-refractivity contribution < 1.29 is 18.9 Å². The first-order chi connectivity index (χ1) is 43.2. The Morgan fingerprint density at radius 2 is 0.409 bits per heavy atom. The van der Waals surface area contributed by atoms with E-state index < -0.39 is 0 Å². The van der Waals surface area contributed by atoms with E-state index in [1.165, 1.54) is 205 Å². The topological polar surface area (TPSA) is 133 Å². The van der Waals surface area contributed by atoms with E-state index in [0.717, 1.165) is 26.4 Å². The Morgan fingerprint density at radius 1 is 0.227 bits per heavy atom. The highest BCUT2D eigenvalue weighted by molar-refractivity contribution is 5.18. The maximum atomic E-state index is 7.68. The molecule has 5 heterocycles. The largest absolute Gasteiger partial charge is 0.378 e. The molecule has 8 bridgehead atoms. The van der Waals surface area contributed by atoms with Gasteiger partial charge in [-0.15, -0.1) is 0 Å². The zero-order valence-electron chi connectivity index (χ0n) is 57.6. The van der Waals surface area contributed by atoms with E-state index in [2.05, 4.69) is 76.7 Å². The molecule has 32 atom stereocenters. The van der Waals surface area contributed by atoms with Crippen molar-refractivity contribution in [3.05, 3.63) is 0 Å². The smallest absolute Gasteiger partial charge is 0.0665 e. The predicted molar refractivity (Wildman–Crippen MR) is 357 cm³/mol. The summed E-state index contributed by atoms with van der Waals surface area (Å²) in [6, 6.07) is 0. The fourth-order valence-electron chi connectivity index (χ4n) is 25.0. The number of rotatable bonds is 24. The van der Waals surface area contributed by atoms with Crippen molar-refractivity contribution in [1.29, 1.82) is 0 Å². The van der Waals surface area contributed by atoms with Gasteiger partial charge in [0.25, 0.3) is 0 Å². The van der Waals surface area contributed by atoms with E-state index in [0.29, 0.717) is 118 Å². The second kappa shape index (κ2) is 30.7. The van der Waals surface area contributed by atoms with Crippen molar-refractivity contribution in [2.45, 2.75) is 335 Å². The summed E-state index contributed by atoms with van der Waals surface area (Å²) in [5.41, 5.74) is 0. The summed E-state index contributed by atoms with van der Waals surface area (Å²) in [4.78, 5) is 0. The monoisotopic (exact) mass is 1230 g/mol. The van der Waals surface area contributed by atoms with Crippen LogP contribution in [0.25, 0.3) is 0 Å². The summed E-state index contributed by atoms with van der Waals surface area (Å²) >= 11 is 0. The molecule has 5 saturated heterocycles. The zero-order valence-corrected chi connectivity index (χ0v) is 57.6. The molecule has 8 aliphatic carbocycles. The summed E-state index contributed by atoms with van der Waals surface area (Å²) in [5.74, 6) is 10.8. The minimum atomic E-state index is 0.0962. The maximum Gasteiger partial charge on any atom is 0.0665 e. The van der Waals surface area contributed by atoms with Gasteiger partial charge in [-0.25, -0.2) is 0 Å². The molecule has 13 aliphatic rings. The minimum Gasteiger partial charge on any atom is -0.378 e. The molecular formula is C76H136N8O4. The van der Waals surface area contributed by atoms with Gasteiger partial charge in [0.05, 0.1) is 73.7 Å². The molecule has 0 aromatic rings. The number of hydrogen-bond donors (Lipinski definition) is 8. The highest BCUT2D eigenvalue weighted by atomic mass is 16.5. The molecule has 12 heteroatoms. The van der Waals surface area contributed by atoms with E-state index in [4.69, 9.17) is 40.2 Å². The van der Waals surface area contributed by atoms with Crippen LogP contribution < -0.4 is 42.5 Å². The average Bonchev–Trinajstić information content (AvgIpc) is 1.66. The number of nitrogens with one attached hydrogen (secondary N) is 8. The molecule has 0 radical (unpaired) electrons. The Hall–Kier alpha value is -0.480. The van der Waals surface area contributed by atoms with E-state index in [-0.39, 0.29) is 73.7 Å². The van der Waals surface area contributed by atoms with Gasteiger partial charge in [0.1, 0.15) is 0 Å². The van der Waals surface area contributed by atoms with E-state index in [1.807, 2.05) is 0 Å². The molecule has 0 amide bonds. The zero-order chi connectivity index (χ0) is 60.4. The lowest BCUT2D eigenvalue weighted by Crippen LogP contribution is -2.62. The first-order valence-electron chi connectivity index (χ1n) is 39.8. The van der Waals surface area contributed by atoms with Crippen LogP contribution >= 0.6 is 0 Å². The van der Waals surface area contributed by atoms with Crippen molar-refractivity contribution in [3.8, 4) is 0 Å². The van der Waals surface area contributed by atoms with E-state index >= 15 is 0 Å². The van der Waals surface area contributed by atoms with Crippen LogP contribution in [0.1, 0.15) is 261 Å². The van der Waals surface area contributed by atoms with E-state index in [1.54, 1.807) is 0 Å². The van der Waals surface area contributed by atoms with Gasteiger partial charge in [-0.3, -0.25) is 42.5 Å². The second-order valence-corrected chi connectivity index (χ2v) is 33.2. The van der Waals surface area contributed by atoms with Crippen molar-refractivity contribution in [3.63, 3.8) is 0 Å². The summed E-state index contributed by atoms with van der Waals surface area (Å²) < 4.78 is 30.7. The predicted octanol–water partition coefficient (Wildman–Crippen LogP) is 14.0. The molecule has 504 valence electrons. The summed E-state index contributed by atoms with van der Waals surface area (Å²) in [5, 5.41) is 37.6. The molecule has 32 unspecified atom stereocenters. The number of ether oxygens (including phenoxy) is 4. The van der Waals surface area contributed by atoms with Gasteiger partial charge in [-0.05, 0) is 172 Å². The molecule has 8 N–H and O–H groups in total. The van der Waals surface area contributed by atoms with Gasteiger partial charge < -0.3 is 18.9 Å². The van der Waals surface area contributed by atoms with Crippen LogP contribution in [0.4, 0.5) is 0 Å². The molecule has 12 nitrogen and oxygen atoms in total. The number of unbranched alkanes of at least 4 members (excludes halogenated alkanes) is 12. The molecule has 0 spiro atoms. The Balaban J connectivity index is 0.932. The van der Waals surface area contributed by atoms with Crippen molar-refractivity contribution in [2.75, 3.05) is 26.4 Å². The Labute approximate surface area is 538 Å². The SMILES string of the molecule is CCCCCCOC1C2CCCCC2C(C)C2C3NC4NC(NC5NC(NC6NC(NC(N3)C12)C1C(C)C2CCCCC2C(OCCCCCC)C61)C1C(OCCCCCC)C2CCCCC2C(C)C51)C1C(OCCCCCC)C2CCCCC2C(C)C41. The molecule has 5 aliphatic heterocycles. The Morgan fingerprint density at radius 3 is 0.602 bits per heavy atom. The third-order valence-electron chi connectivity index (χ3n) is 28.8. The highest BCUT2D eigenvalue weighted by Gasteiger charge is 2.67. The van der Waals surface area contributed by atoms with Crippen LogP contribution in [0.5, 0.6) is 0 Å². The lowest BCUT2D eigenvalue weighted by molar-refractivity contribution is -0.138. The van der Waals surface area contributed by atoms with Crippen molar-refractivity contribution >= 4 is 0 Å². The first kappa shape index (κ1) is 66.1. The minimum absolute atomic E-state index is 0.0962. The molecule has 13 rings (SSSR count). The summed E-state index contributed by atoms with van der Waals surface area (Å²) in [6.07, 6.45) is 43.6. The van der Waals surface area contributed by atoms with Gasteiger partial charge in [-0.2, -0.15) is 0 Å².